The molecule has 6 heteroatoms. The lowest BCUT2D eigenvalue weighted by atomic mass is 10.00. The predicted molar refractivity (Wildman–Crippen MR) is 90.1 cm³/mol. The highest BCUT2D eigenvalue weighted by molar-refractivity contribution is 6.05. The zero-order valence-corrected chi connectivity index (χ0v) is 13.1. The van der Waals surface area contributed by atoms with Crippen LogP contribution in [0.4, 0.5) is 11.4 Å². The number of hydrogen-bond acceptors (Lipinski definition) is 4. The van der Waals surface area contributed by atoms with Crippen LogP contribution in [0.15, 0.2) is 40.8 Å². The molecule has 2 aromatic carbocycles. The fourth-order valence-electron chi connectivity index (χ4n) is 2.85. The minimum Gasteiger partial charge on any atom is -0.441 e. The Morgan fingerprint density at radius 2 is 2.08 bits per heavy atom. The number of aromatic nitrogens is 1. The molecule has 0 unspecified atom stereocenters. The van der Waals surface area contributed by atoms with Gasteiger partial charge in [0.25, 0.3) is 5.91 Å². The van der Waals surface area contributed by atoms with E-state index in [4.69, 9.17) is 4.42 Å². The molecule has 0 bridgehead atoms. The number of benzene rings is 2. The molecule has 1 aliphatic rings. The van der Waals surface area contributed by atoms with Gasteiger partial charge in [0.1, 0.15) is 5.52 Å². The van der Waals surface area contributed by atoms with Crippen LogP contribution in [0, 0.1) is 6.92 Å². The third-order valence-electron chi connectivity index (χ3n) is 4.02. The number of rotatable bonds is 2. The van der Waals surface area contributed by atoms with Crippen molar-refractivity contribution in [2.24, 2.45) is 0 Å². The number of fused-ring (bicyclic) bond motifs is 2. The summed E-state index contributed by atoms with van der Waals surface area (Å²) in [5.41, 5.74) is 4.35. The maximum absolute atomic E-state index is 12.5. The number of nitrogens with one attached hydrogen (secondary N) is 2. The maximum Gasteiger partial charge on any atom is 0.255 e. The largest absolute Gasteiger partial charge is 0.441 e. The third kappa shape index (κ3) is 2.62. The fraction of sp³-hybridized carbons (Fsp3) is 0.167. The lowest BCUT2D eigenvalue weighted by Crippen LogP contribution is -2.20. The van der Waals surface area contributed by atoms with Crippen LogP contribution < -0.4 is 10.6 Å². The van der Waals surface area contributed by atoms with Crippen LogP contribution in [0.5, 0.6) is 0 Å². The molecule has 1 aliphatic heterocycles. The molecule has 0 spiro atoms. The van der Waals surface area contributed by atoms with Crippen LogP contribution in [-0.2, 0) is 11.2 Å². The van der Waals surface area contributed by atoms with Gasteiger partial charge in [0.15, 0.2) is 11.5 Å². The summed E-state index contributed by atoms with van der Waals surface area (Å²) in [6, 6.07) is 10.7. The van der Waals surface area contributed by atoms with Crippen molar-refractivity contribution in [3.63, 3.8) is 0 Å². The van der Waals surface area contributed by atoms with Gasteiger partial charge in [-0.25, -0.2) is 4.98 Å². The van der Waals surface area contributed by atoms with Gasteiger partial charge in [-0.2, -0.15) is 0 Å². The van der Waals surface area contributed by atoms with Crippen LogP contribution in [0.25, 0.3) is 11.1 Å². The van der Waals surface area contributed by atoms with Crippen LogP contribution in [0.1, 0.15) is 28.2 Å². The summed E-state index contributed by atoms with van der Waals surface area (Å²) in [5.74, 6) is 0.394. The van der Waals surface area contributed by atoms with E-state index in [0.29, 0.717) is 35.6 Å². The van der Waals surface area contributed by atoms with E-state index in [2.05, 4.69) is 15.6 Å². The Balaban J connectivity index is 1.57. The number of aryl methyl sites for hydroxylation is 2. The molecule has 0 atom stereocenters. The topological polar surface area (TPSA) is 84.2 Å². The molecular weight excluding hydrogens is 306 g/mol. The SMILES string of the molecule is Cc1nc2ccc(NC(=O)c3ccc4c(c3)CCC(=O)N4)cc2o1. The zero-order chi connectivity index (χ0) is 16.7. The molecule has 3 aromatic rings. The summed E-state index contributed by atoms with van der Waals surface area (Å²) in [7, 11) is 0. The summed E-state index contributed by atoms with van der Waals surface area (Å²) in [6.45, 7) is 1.78. The Morgan fingerprint density at radius 1 is 1.21 bits per heavy atom. The molecule has 120 valence electrons. The van der Waals surface area contributed by atoms with E-state index in [0.717, 1.165) is 16.8 Å². The maximum atomic E-state index is 12.5. The number of oxazole rings is 1. The molecule has 2 N–H and O–H groups in total. The average Bonchev–Trinajstić information content (AvgIpc) is 2.93. The molecule has 2 amide bonds. The quantitative estimate of drug-likeness (QED) is 0.758. The van der Waals surface area contributed by atoms with E-state index in [9.17, 15) is 9.59 Å². The molecule has 6 nitrogen and oxygen atoms in total. The van der Waals surface area contributed by atoms with Crippen molar-refractivity contribution in [2.45, 2.75) is 19.8 Å². The smallest absolute Gasteiger partial charge is 0.255 e. The van der Waals surface area contributed by atoms with Gasteiger partial charge >= 0.3 is 0 Å². The Hall–Kier alpha value is -3.15. The standard InChI is InChI=1S/C18H15N3O3/c1-10-19-15-6-4-13(9-16(15)24-10)20-18(23)12-2-5-14-11(8-12)3-7-17(22)21-14/h2,4-6,8-9H,3,7H2,1H3,(H,20,23)(H,21,22). The van der Waals surface area contributed by atoms with E-state index in [1.54, 1.807) is 31.2 Å². The highest BCUT2D eigenvalue weighted by Crippen LogP contribution is 2.25. The van der Waals surface area contributed by atoms with E-state index in [-0.39, 0.29) is 11.8 Å². The van der Waals surface area contributed by atoms with Crippen LogP contribution >= 0.6 is 0 Å². The summed E-state index contributed by atoms with van der Waals surface area (Å²) < 4.78 is 5.48. The number of amides is 2. The second kappa shape index (κ2) is 5.49. The number of nitrogens with zero attached hydrogens (tertiary/aromatic N) is 1. The monoisotopic (exact) mass is 321 g/mol. The summed E-state index contributed by atoms with van der Waals surface area (Å²) >= 11 is 0. The summed E-state index contributed by atoms with van der Waals surface area (Å²) in [4.78, 5) is 28.1. The third-order valence-corrected chi connectivity index (χ3v) is 4.02. The van der Waals surface area contributed by atoms with E-state index >= 15 is 0 Å². The number of anilines is 2. The molecule has 0 fully saturated rings. The molecule has 2 heterocycles. The van der Waals surface area contributed by atoms with Gasteiger partial charge in [0.05, 0.1) is 0 Å². The molecule has 0 saturated carbocycles. The first kappa shape index (κ1) is 14.4. The second-order valence-electron chi connectivity index (χ2n) is 5.79. The van der Waals surface area contributed by atoms with Crippen molar-refractivity contribution < 1.29 is 14.0 Å². The number of hydrogen-bond donors (Lipinski definition) is 2. The highest BCUT2D eigenvalue weighted by Gasteiger charge is 2.17. The first-order valence-corrected chi connectivity index (χ1v) is 7.70. The molecule has 0 saturated heterocycles. The van der Waals surface area contributed by atoms with Crippen molar-refractivity contribution in [2.75, 3.05) is 10.6 Å². The average molecular weight is 321 g/mol. The Kier molecular flexibility index (Phi) is 3.30. The minimum absolute atomic E-state index is 0.00959. The summed E-state index contributed by atoms with van der Waals surface area (Å²) in [5, 5.41) is 5.67. The first-order chi connectivity index (χ1) is 11.6. The van der Waals surface area contributed by atoms with Crippen molar-refractivity contribution >= 4 is 34.3 Å². The molecule has 4 rings (SSSR count). The molecule has 1 aromatic heterocycles. The van der Waals surface area contributed by atoms with Crippen LogP contribution in [0.2, 0.25) is 0 Å². The van der Waals surface area contributed by atoms with Crippen molar-refractivity contribution in [1.29, 1.82) is 0 Å². The Bertz CT molecular complexity index is 975. The van der Waals surface area contributed by atoms with E-state index in [1.807, 2.05) is 12.1 Å². The summed E-state index contributed by atoms with van der Waals surface area (Å²) in [6.07, 6.45) is 1.09. The van der Waals surface area contributed by atoms with Crippen molar-refractivity contribution in [3.05, 3.63) is 53.4 Å². The normalized spacial score (nSPS) is 13.5. The predicted octanol–water partition coefficient (Wildman–Crippen LogP) is 3.27. The van der Waals surface area contributed by atoms with Gasteiger partial charge in [0, 0.05) is 36.3 Å². The fourth-order valence-corrected chi connectivity index (χ4v) is 2.85. The van der Waals surface area contributed by atoms with Gasteiger partial charge in [-0.1, -0.05) is 0 Å². The minimum atomic E-state index is -0.203. The lowest BCUT2D eigenvalue weighted by Gasteiger charge is -2.17. The van der Waals surface area contributed by atoms with Crippen molar-refractivity contribution in [1.82, 2.24) is 4.98 Å². The zero-order valence-electron chi connectivity index (χ0n) is 13.1. The molecule has 0 aliphatic carbocycles. The number of carbonyl (C=O) groups excluding carboxylic acids is 2. The number of carbonyl (C=O) groups is 2. The highest BCUT2D eigenvalue weighted by atomic mass is 16.3. The second-order valence-corrected chi connectivity index (χ2v) is 5.79. The van der Waals surface area contributed by atoms with E-state index in [1.165, 1.54) is 0 Å². The lowest BCUT2D eigenvalue weighted by molar-refractivity contribution is -0.116. The Labute approximate surface area is 137 Å². The van der Waals surface area contributed by atoms with Crippen LogP contribution in [-0.4, -0.2) is 16.8 Å². The van der Waals surface area contributed by atoms with Gasteiger partial charge in [0.2, 0.25) is 5.91 Å². The van der Waals surface area contributed by atoms with E-state index < -0.39 is 0 Å². The van der Waals surface area contributed by atoms with Gasteiger partial charge in [-0.05, 0) is 42.3 Å². The van der Waals surface area contributed by atoms with Gasteiger partial charge in [-0.15, -0.1) is 0 Å². The van der Waals surface area contributed by atoms with Crippen LogP contribution in [0.3, 0.4) is 0 Å². The van der Waals surface area contributed by atoms with Gasteiger partial charge < -0.3 is 15.1 Å². The van der Waals surface area contributed by atoms with Gasteiger partial charge in [-0.3, -0.25) is 9.59 Å². The Morgan fingerprint density at radius 3 is 2.96 bits per heavy atom. The molecular formula is C18H15N3O3. The first-order valence-electron chi connectivity index (χ1n) is 7.70. The molecule has 24 heavy (non-hydrogen) atoms. The van der Waals surface area contributed by atoms with Crippen molar-refractivity contribution in [3.8, 4) is 0 Å². The molecule has 0 radical (unpaired) electrons.